The van der Waals surface area contributed by atoms with Gasteiger partial charge in [0.25, 0.3) is 0 Å². The third-order valence-corrected chi connectivity index (χ3v) is 5.05. The van der Waals surface area contributed by atoms with Gasteiger partial charge in [-0.25, -0.2) is 0 Å². The van der Waals surface area contributed by atoms with E-state index in [1.165, 1.54) is 38.9 Å². The van der Waals surface area contributed by atoms with E-state index in [1.807, 2.05) is 0 Å². The molecule has 0 atom stereocenters. The summed E-state index contributed by atoms with van der Waals surface area (Å²) in [6, 6.07) is 9.13. The predicted octanol–water partition coefficient (Wildman–Crippen LogP) is 7.79. The molecule has 0 spiro atoms. The van der Waals surface area contributed by atoms with Crippen molar-refractivity contribution in [2.75, 3.05) is 0 Å². The van der Waals surface area contributed by atoms with Gasteiger partial charge in [-0.1, -0.05) is 63.0 Å². The zero-order valence-electron chi connectivity index (χ0n) is 19.5. The summed E-state index contributed by atoms with van der Waals surface area (Å²) in [7, 11) is 0. The van der Waals surface area contributed by atoms with Crippen molar-refractivity contribution in [2.45, 2.75) is 74.7 Å². The van der Waals surface area contributed by atoms with E-state index in [0.717, 1.165) is 5.56 Å². The van der Waals surface area contributed by atoms with Crippen LogP contribution in [-0.4, -0.2) is 0 Å². The normalized spacial score (nSPS) is 12.2. The average molecular weight is 373 g/mol. The van der Waals surface area contributed by atoms with E-state index in [0.29, 0.717) is 0 Å². The van der Waals surface area contributed by atoms with Crippen LogP contribution in [0, 0.1) is 45.0 Å². The monoisotopic (exact) mass is 372 g/mol. The zero-order chi connectivity index (χ0) is 21.3. The maximum absolute atomic E-state index is 3.36. The Bertz CT molecular complexity index is 958. The minimum absolute atomic E-state index is 0.0214. The smallest absolute Gasteiger partial charge is 0.0277 e. The molecule has 0 aliphatic heterocycles. The average Bonchev–Trinajstić information content (AvgIpc) is 2.54. The van der Waals surface area contributed by atoms with Crippen LogP contribution >= 0.6 is 0 Å². The summed E-state index contributed by atoms with van der Waals surface area (Å²) < 4.78 is 0. The van der Waals surface area contributed by atoms with Crippen LogP contribution in [0.25, 0.3) is 12.2 Å². The fourth-order valence-electron chi connectivity index (χ4n) is 3.41. The molecule has 2 aromatic carbocycles. The lowest BCUT2D eigenvalue weighted by Crippen LogP contribution is -2.13. The van der Waals surface area contributed by atoms with Gasteiger partial charge in [-0.05, 0) is 98.9 Å². The highest BCUT2D eigenvalue weighted by molar-refractivity contribution is 5.74. The highest BCUT2D eigenvalue weighted by Gasteiger charge is 2.17. The molecule has 148 valence electrons. The van der Waals surface area contributed by atoms with Crippen molar-refractivity contribution in [3.05, 3.63) is 68.8 Å². The van der Waals surface area contributed by atoms with Crippen molar-refractivity contribution >= 4 is 12.2 Å². The van der Waals surface area contributed by atoms with E-state index in [1.54, 1.807) is 0 Å². The Hall–Kier alpha value is -2.26. The van der Waals surface area contributed by atoms with Crippen LogP contribution in [0.5, 0.6) is 0 Å². The van der Waals surface area contributed by atoms with Crippen LogP contribution in [-0.2, 0) is 5.41 Å². The third-order valence-electron chi connectivity index (χ3n) is 5.05. The molecule has 0 aromatic heterocycles. The maximum Gasteiger partial charge on any atom is 0.0277 e. The fourth-order valence-corrected chi connectivity index (χ4v) is 3.41. The van der Waals surface area contributed by atoms with Gasteiger partial charge < -0.3 is 0 Å². The molecular weight excluding hydrogens is 336 g/mol. The molecule has 2 aromatic rings. The summed E-state index contributed by atoms with van der Waals surface area (Å²) in [4.78, 5) is 0. The Labute approximate surface area is 173 Å². The van der Waals surface area contributed by atoms with Gasteiger partial charge in [0.15, 0.2) is 0 Å². The van der Waals surface area contributed by atoms with E-state index < -0.39 is 0 Å². The number of hydrogen-bond acceptors (Lipinski definition) is 0. The summed E-state index contributed by atoms with van der Waals surface area (Å²) in [5.74, 6) is 6.70. The van der Waals surface area contributed by atoms with Gasteiger partial charge in [0.2, 0.25) is 0 Å². The Kier molecular flexibility index (Phi) is 6.30. The summed E-state index contributed by atoms with van der Waals surface area (Å²) in [5, 5.41) is 0. The zero-order valence-corrected chi connectivity index (χ0v) is 19.5. The highest BCUT2D eigenvalue weighted by atomic mass is 14.2. The molecule has 0 radical (unpaired) electrons. The van der Waals surface area contributed by atoms with Crippen molar-refractivity contribution in [2.24, 2.45) is 5.41 Å². The van der Waals surface area contributed by atoms with Gasteiger partial charge in [0.1, 0.15) is 0 Å². The van der Waals surface area contributed by atoms with E-state index in [-0.39, 0.29) is 10.8 Å². The molecule has 0 bridgehead atoms. The second-order valence-electron chi connectivity index (χ2n) is 10.1. The minimum Gasteiger partial charge on any atom is -0.0919 e. The molecule has 0 nitrogen and oxygen atoms in total. The Morgan fingerprint density at radius 1 is 0.643 bits per heavy atom. The molecule has 0 N–H and O–H groups in total. The number of aryl methyl sites for hydroxylation is 4. The van der Waals surface area contributed by atoms with Crippen molar-refractivity contribution < 1.29 is 0 Å². The van der Waals surface area contributed by atoms with Gasteiger partial charge in [0.05, 0.1) is 0 Å². The van der Waals surface area contributed by atoms with Crippen LogP contribution in [0.2, 0.25) is 0 Å². The first-order valence-electron chi connectivity index (χ1n) is 10.2. The van der Waals surface area contributed by atoms with E-state index in [9.17, 15) is 0 Å². The summed E-state index contributed by atoms with van der Waals surface area (Å²) >= 11 is 0. The minimum atomic E-state index is 0.0214. The highest BCUT2D eigenvalue weighted by Crippen LogP contribution is 2.29. The van der Waals surface area contributed by atoms with E-state index in [2.05, 4.69) is 117 Å². The molecule has 28 heavy (non-hydrogen) atoms. The summed E-state index contributed by atoms with van der Waals surface area (Å²) in [6.07, 6.45) is 4.49. The SMILES string of the molecule is Cc1cc(/C=C/c2cc(C)c(C(C)(C)C)cc2C)c(C)cc1C#CC(C)(C)C. The molecule has 0 aliphatic rings. The first-order chi connectivity index (χ1) is 12.8. The van der Waals surface area contributed by atoms with Crippen LogP contribution in [0.15, 0.2) is 24.3 Å². The van der Waals surface area contributed by atoms with E-state index >= 15 is 0 Å². The van der Waals surface area contributed by atoms with Crippen LogP contribution in [0.3, 0.4) is 0 Å². The van der Waals surface area contributed by atoms with Crippen molar-refractivity contribution in [1.29, 1.82) is 0 Å². The van der Waals surface area contributed by atoms with Crippen molar-refractivity contribution in [3.63, 3.8) is 0 Å². The lowest BCUT2D eigenvalue weighted by atomic mass is 9.82. The lowest BCUT2D eigenvalue weighted by Gasteiger charge is -2.23. The van der Waals surface area contributed by atoms with Crippen molar-refractivity contribution in [3.8, 4) is 11.8 Å². The second-order valence-corrected chi connectivity index (χ2v) is 10.1. The number of benzene rings is 2. The number of rotatable bonds is 2. The third kappa shape index (κ3) is 5.62. The van der Waals surface area contributed by atoms with Crippen LogP contribution < -0.4 is 0 Å². The molecular formula is C28H36. The molecule has 0 heterocycles. The topological polar surface area (TPSA) is 0 Å². The van der Waals surface area contributed by atoms with Gasteiger partial charge in [-0.15, -0.1) is 0 Å². The molecule has 0 amide bonds. The van der Waals surface area contributed by atoms with Gasteiger partial charge in [0, 0.05) is 11.0 Å². The number of hydrogen-bond donors (Lipinski definition) is 0. The molecule has 0 saturated carbocycles. The largest absolute Gasteiger partial charge is 0.0919 e. The first kappa shape index (κ1) is 22.0. The Balaban J connectivity index is 2.38. The molecule has 0 unspecified atom stereocenters. The van der Waals surface area contributed by atoms with Crippen LogP contribution in [0.4, 0.5) is 0 Å². The molecule has 0 fully saturated rings. The second kappa shape index (κ2) is 8.00. The summed E-state index contributed by atoms with van der Waals surface area (Å²) in [6.45, 7) is 22.0. The predicted molar refractivity (Wildman–Crippen MR) is 126 cm³/mol. The first-order valence-corrected chi connectivity index (χ1v) is 10.2. The quantitative estimate of drug-likeness (QED) is 0.373. The Morgan fingerprint density at radius 3 is 1.64 bits per heavy atom. The molecule has 0 saturated heterocycles. The molecule has 2 rings (SSSR count). The summed E-state index contributed by atoms with van der Waals surface area (Å²) in [5.41, 5.74) is 10.5. The molecule has 0 heteroatoms. The van der Waals surface area contributed by atoms with Crippen LogP contribution in [0.1, 0.15) is 86.1 Å². The van der Waals surface area contributed by atoms with E-state index in [4.69, 9.17) is 0 Å². The van der Waals surface area contributed by atoms with Gasteiger partial charge in [-0.2, -0.15) is 0 Å². The van der Waals surface area contributed by atoms with Gasteiger partial charge >= 0.3 is 0 Å². The Morgan fingerprint density at radius 2 is 1.14 bits per heavy atom. The molecule has 0 aliphatic carbocycles. The fraction of sp³-hybridized carbons (Fsp3) is 0.429. The van der Waals surface area contributed by atoms with Crippen molar-refractivity contribution in [1.82, 2.24) is 0 Å². The lowest BCUT2D eigenvalue weighted by molar-refractivity contribution is 0.571. The van der Waals surface area contributed by atoms with Gasteiger partial charge in [-0.3, -0.25) is 0 Å². The maximum atomic E-state index is 3.36. The standard InChI is InChI=1S/C28H36/c1-19-16-25(13-14-27(5,6)7)20(2)15-23(19)11-12-24-17-22(4)26(18-21(24)3)28(8,9)10/h11-12,15-18H,1-10H3/b12-11+.